The van der Waals surface area contributed by atoms with Gasteiger partial charge in [-0.15, -0.1) is 0 Å². The van der Waals surface area contributed by atoms with Crippen LogP contribution in [-0.2, 0) is 9.53 Å². The second-order valence-electron chi connectivity index (χ2n) is 6.68. The van der Waals surface area contributed by atoms with E-state index in [1.807, 2.05) is 18.7 Å². The Hall–Kier alpha value is -0.680. The number of nitrogens with two attached hydrogens (primary N) is 1. The molecule has 0 atom stereocenters. The van der Waals surface area contributed by atoms with Gasteiger partial charge in [0.2, 0.25) is 5.91 Å². The van der Waals surface area contributed by atoms with Gasteiger partial charge >= 0.3 is 0 Å². The molecule has 5 heteroatoms. The highest BCUT2D eigenvalue weighted by molar-refractivity contribution is 7.80. The van der Waals surface area contributed by atoms with E-state index in [0.29, 0.717) is 24.7 Å². The third-order valence-electron chi connectivity index (χ3n) is 4.73. The van der Waals surface area contributed by atoms with Crippen LogP contribution in [0.3, 0.4) is 0 Å². The second-order valence-corrected chi connectivity index (χ2v) is 7.12. The molecule has 0 aromatic rings. The summed E-state index contributed by atoms with van der Waals surface area (Å²) in [7, 11) is 0. The van der Waals surface area contributed by atoms with Crippen molar-refractivity contribution in [3.8, 4) is 0 Å². The Morgan fingerprint density at radius 3 is 2.30 bits per heavy atom. The predicted molar refractivity (Wildman–Crippen MR) is 83.5 cm³/mol. The van der Waals surface area contributed by atoms with Crippen molar-refractivity contribution in [3.63, 3.8) is 0 Å². The molecule has 4 nitrogen and oxygen atoms in total. The number of thiocarbonyl (C=S) groups is 1. The minimum absolute atomic E-state index is 0.125. The van der Waals surface area contributed by atoms with Crippen LogP contribution in [0.1, 0.15) is 52.4 Å². The molecule has 0 radical (unpaired) electrons. The topological polar surface area (TPSA) is 55.6 Å². The summed E-state index contributed by atoms with van der Waals surface area (Å²) < 4.78 is 5.51. The van der Waals surface area contributed by atoms with Crippen molar-refractivity contribution < 1.29 is 9.53 Å². The largest absolute Gasteiger partial charge is 0.392 e. The van der Waals surface area contributed by atoms with E-state index < -0.39 is 5.41 Å². The molecular weight excluding hydrogens is 272 g/mol. The number of ether oxygens (including phenoxy) is 1. The van der Waals surface area contributed by atoms with Crippen LogP contribution in [0.5, 0.6) is 0 Å². The quantitative estimate of drug-likeness (QED) is 0.627. The van der Waals surface area contributed by atoms with Crippen molar-refractivity contribution in [2.45, 2.75) is 57.9 Å². The second kappa shape index (κ2) is 5.98. The van der Waals surface area contributed by atoms with Gasteiger partial charge in [0.1, 0.15) is 0 Å². The van der Waals surface area contributed by atoms with Crippen LogP contribution in [0, 0.1) is 5.41 Å². The van der Waals surface area contributed by atoms with Gasteiger partial charge in [-0.05, 0) is 26.7 Å². The summed E-state index contributed by atoms with van der Waals surface area (Å²) in [6, 6.07) is 0. The zero-order valence-electron chi connectivity index (χ0n) is 12.6. The molecule has 0 spiro atoms. The zero-order chi connectivity index (χ0) is 14.8. The van der Waals surface area contributed by atoms with E-state index in [1.165, 1.54) is 12.8 Å². The lowest BCUT2D eigenvalue weighted by Gasteiger charge is -2.46. The molecule has 2 fully saturated rings. The Kier molecular flexibility index (Phi) is 4.69. The maximum Gasteiger partial charge on any atom is 0.236 e. The van der Waals surface area contributed by atoms with Crippen LogP contribution in [0.25, 0.3) is 0 Å². The highest BCUT2D eigenvalue weighted by atomic mass is 32.1. The average Bonchev–Trinajstić information content (AvgIpc) is 2.64. The normalized spacial score (nSPS) is 25.8. The fourth-order valence-electron chi connectivity index (χ4n) is 3.39. The fraction of sp³-hybridized carbons (Fsp3) is 0.867. The Morgan fingerprint density at radius 2 is 1.80 bits per heavy atom. The first-order valence-electron chi connectivity index (χ1n) is 7.60. The molecule has 0 aromatic carbocycles. The molecule has 1 saturated carbocycles. The van der Waals surface area contributed by atoms with Crippen LogP contribution < -0.4 is 5.73 Å². The standard InChI is InChI=1S/C15H26N2O2S/c1-14(2)11-19-10-9-17(14)13(18)15(12(16)20)7-5-3-4-6-8-15/h3-11H2,1-2H3,(H2,16,20). The average molecular weight is 298 g/mol. The third-order valence-corrected chi connectivity index (χ3v) is 5.12. The Morgan fingerprint density at radius 1 is 1.20 bits per heavy atom. The summed E-state index contributed by atoms with van der Waals surface area (Å²) >= 11 is 5.31. The van der Waals surface area contributed by atoms with Crippen molar-refractivity contribution in [1.82, 2.24) is 4.90 Å². The van der Waals surface area contributed by atoms with Crippen molar-refractivity contribution in [2.24, 2.45) is 11.1 Å². The van der Waals surface area contributed by atoms with Crippen molar-refractivity contribution in [3.05, 3.63) is 0 Å². The molecule has 2 N–H and O–H groups in total. The summed E-state index contributed by atoms with van der Waals surface area (Å²) in [5, 5.41) is 0. The van der Waals surface area contributed by atoms with E-state index in [1.54, 1.807) is 0 Å². The van der Waals surface area contributed by atoms with Gasteiger partial charge in [-0.25, -0.2) is 0 Å². The maximum absolute atomic E-state index is 13.2. The highest BCUT2D eigenvalue weighted by Crippen LogP contribution is 2.39. The summed E-state index contributed by atoms with van der Waals surface area (Å²) in [4.78, 5) is 15.5. The molecule has 1 aliphatic heterocycles. The summed E-state index contributed by atoms with van der Waals surface area (Å²) in [6.45, 7) is 5.91. The lowest BCUT2D eigenvalue weighted by molar-refractivity contribution is -0.154. The van der Waals surface area contributed by atoms with Crippen molar-refractivity contribution in [1.29, 1.82) is 0 Å². The van der Waals surface area contributed by atoms with E-state index in [4.69, 9.17) is 22.7 Å². The van der Waals surface area contributed by atoms with Gasteiger partial charge in [0.15, 0.2) is 0 Å². The number of carbonyl (C=O) groups is 1. The van der Waals surface area contributed by atoms with Gasteiger partial charge in [0.25, 0.3) is 0 Å². The first-order chi connectivity index (χ1) is 9.40. The Labute approximate surface area is 127 Å². The molecule has 1 amide bonds. The van der Waals surface area contributed by atoms with Crippen molar-refractivity contribution in [2.75, 3.05) is 19.8 Å². The smallest absolute Gasteiger partial charge is 0.236 e. The summed E-state index contributed by atoms with van der Waals surface area (Å²) in [6.07, 6.45) is 6.01. The molecular formula is C15H26N2O2S. The first-order valence-corrected chi connectivity index (χ1v) is 8.01. The van der Waals surface area contributed by atoms with Gasteiger partial charge in [-0.2, -0.15) is 0 Å². The molecule has 0 unspecified atom stereocenters. The predicted octanol–water partition coefficient (Wildman–Crippen LogP) is 2.25. The number of hydrogen-bond donors (Lipinski definition) is 1. The Balaban J connectivity index is 2.28. The summed E-state index contributed by atoms with van der Waals surface area (Å²) in [5.41, 5.74) is 5.12. The third kappa shape index (κ3) is 2.84. The summed E-state index contributed by atoms with van der Waals surface area (Å²) in [5.74, 6) is 0.125. The van der Waals surface area contributed by atoms with Gasteiger partial charge in [-0.1, -0.05) is 37.9 Å². The van der Waals surface area contributed by atoms with E-state index in [2.05, 4.69) is 0 Å². The molecule has 1 heterocycles. The number of nitrogens with zero attached hydrogens (tertiary/aromatic N) is 1. The lowest BCUT2D eigenvalue weighted by atomic mass is 9.77. The number of morpholine rings is 1. The van der Waals surface area contributed by atoms with E-state index in [9.17, 15) is 4.79 Å². The van der Waals surface area contributed by atoms with Gasteiger partial charge in [0, 0.05) is 6.54 Å². The minimum atomic E-state index is -0.625. The van der Waals surface area contributed by atoms with E-state index in [0.717, 1.165) is 25.7 Å². The van der Waals surface area contributed by atoms with Crippen LogP contribution in [0.4, 0.5) is 0 Å². The molecule has 114 valence electrons. The fourth-order valence-corrected chi connectivity index (χ4v) is 3.68. The first kappa shape index (κ1) is 15.7. The number of carbonyl (C=O) groups excluding carboxylic acids is 1. The van der Waals surface area contributed by atoms with Gasteiger partial charge in [0.05, 0.1) is 29.2 Å². The van der Waals surface area contributed by atoms with E-state index >= 15 is 0 Å². The molecule has 2 rings (SSSR count). The van der Waals surface area contributed by atoms with Crippen LogP contribution in [0.2, 0.25) is 0 Å². The van der Waals surface area contributed by atoms with Crippen molar-refractivity contribution >= 4 is 23.1 Å². The van der Waals surface area contributed by atoms with Crippen LogP contribution in [0.15, 0.2) is 0 Å². The van der Waals surface area contributed by atoms with Crippen LogP contribution in [-0.4, -0.2) is 41.1 Å². The molecule has 1 aliphatic carbocycles. The molecule has 1 saturated heterocycles. The molecule has 0 aromatic heterocycles. The highest BCUT2D eigenvalue weighted by Gasteiger charge is 2.47. The lowest BCUT2D eigenvalue weighted by Crippen LogP contribution is -2.61. The molecule has 20 heavy (non-hydrogen) atoms. The van der Waals surface area contributed by atoms with E-state index in [-0.39, 0.29) is 11.4 Å². The number of amides is 1. The molecule has 0 bridgehead atoms. The van der Waals surface area contributed by atoms with Crippen LogP contribution >= 0.6 is 12.2 Å². The maximum atomic E-state index is 13.2. The molecule has 2 aliphatic rings. The minimum Gasteiger partial charge on any atom is -0.392 e. The Bertz CT molecular complexity index is 387. The van der Waals surface area contributed by atoms with Gasteiger partial charge in [-0.3, -0.25) is 4.79 Å². The zero-order valence-corrected chi connectivity index (χ0v) is 13.4. The number of rotatable bonds is 2. The van der Waals surface area contributed by atoms with Gasteiger partial charge < -0.3 is 15.4 Å². The monoisotopic (exact) mass is 298 g/mol. The number of hydrogen-bond acceptors (Lipinski definition) is 3. The SMILES string of the molecule is CC1(C)COCCN1C(=O)C1(C(N)=S)CCCCCC1.